The van der Waals surface area contributed by atoms with Crippen molar-refractivity contribution >= 4 is 0 Å². The Balaban J connectivity index is 2.83. The summed E-state index contributed by atoms with van der Waals surface area (Å²) >= 11 is 0. The smallest absolute Gasteiger partial charge is 0.123 e. The van der Waals surface area contributed by atoms with Crippen molar-refractivity contribution in [3.63, 3.8) is 0 Å². The molecule has 0 bridgehead atoms. The van der Waals surface area contributed by atoms with E-state index >= 15 is 0 Å². The summed E-state index contributed by atoms with van der Waals surface area (Å²) in [7, 11) is 0. The monoisotopic (exact) mass is 250 g/mol. The van der Waals surface area contributed by atoms with E-state index in [2.05, 4.69) is 46.8 Å². The third-order valence-electron chi connectivity index (χ3n) is 2.63. The van der Waals surface area contributed by atoms with Crippen LogP contribution in [-0.2, 0) is 0 Å². The van der Waals surface area contributed by atoms with Crippen molar-refractivity contribution in [2.75, 3.05) is 13.2 Å². The van der Waals surface area contributed by atoms with Crippen LogP contribution in [0.15, 0.2) is 18.2 Å². The van der Waals surface area contributed by atoms with Crippen LogP contribution in [0.4, 0.5) is 0 Å². The SMILES string of the molecule is CCCOc1cc(OCC(C)C)cc(C(C)C)c1. The minimum Gasteiger partial charge on any atom is -0.493 e. The molecule has 0 heterocycles. The summed E-state index contributed by atoms with van der Waals surface area (Å²) in [6.45, 7) is 12.3. The summed E-state index contributed by atoms with van der Waals surface area (Å²) < 4.78 is 11.5. The normalized spacial score (nSPS) is 11.1. The lowest BCUT2D eigenvalue weighted by atomic mass is 10.0. The zero-order valence-corrected chi connectivity index (χ0v) is 12.3. The lowest BCUT2D eigenvalue weighted by Crippen LogP contribution is -2.05. The molecule has 0 aliphatic carbocycles. The first-order chi connectivity index (χ1) is 8.52. The molecular weight excluding hydrogens is 224 g/mol. The molecule has 1 aromatic rings. The summed E-state index contributed by atoms with van der Waals surface area (Å²) in [5.41, 5.74) is 1.27. The Labute approximate surface area is 111 Å². The topological polar surface area (TPSA) is 18.5 Å². The lowest BCUT2D eigenvalue weighted by Gasteiger charge is -2.14. The molecule has 2 heteroatoms. The highest BCUT2D eigenvalue weighted by atomic mass is 16.5. The third-order valence-corrected chi connectivity index (χ3v) is 2.63. The van der Waals surface area contributed by atoms with E-state index in [1.807, 2.05) is 6.07 Å². The van der Waals surface area contributed by atoms with E-state index in [0.717, 1.165) is 31.1 Å². The molecule has 18 heavy (non-hydrogen) atoms. The molecule has 102 valence electrons. The zero-order valence-electron chi connectivity index (χ0n) is 12.3. The van der Waals surface area contributed by atoms with Crippen LogP contribution >= 0.6 is 0 Å². The number of rotatable bonds is 7. The minimum absolute atomic E-state index is 0.483. The molecule has 0 spiro atoms. The first-order valence-electron chi connectivity index (χ1n) is 6.93. The van der Waals surface area contributed by atoms with Gasteiger partial charge in [0.15, 0.2) is 0 Å². The Morgan fingerprint density at radius 2 is 1.56 bits per heavy atom. The van der Waals surface area contributed by atoms with Crippen molar-refractivity contribution in [1.82, 2.24) is 0 Å². The summed E-state index contributed by atoms with van der Waals surface area (Å²) in [4.78, 5) is 0. The quantitative estimate of drug-likeness (QED) is 0.702. The van der Waals surface area contributed by atoms with Crippen LogP contribution in [0, 0.1) is 5.92 Å². The van der Waals surface area contributed by atoms with Gasteiger partial charge in [0, 0.05) is 6.07 Å². The predicted octanol–water partition coefficient (Wildman–Crippen LogP) is 4.63. The molecule has 2 nitrogen and oxygen atoms in total. The number of benzene rings is 1. The second-order valence-corrected chi connectivity index (χ2v) is 5.45. The molecular formula is C16H26O2. The van der Waals surface area contributed by atoms with Gasteiger partial charge in [-0.25, -0.2) is 0 Å². The highest BCUT2D eigenvalue weighted by Gasteiger charge is 2.07. The van der Waals surface area contributed by atoms with Gasteiger partial charge in [0.25, 0.3) is 0 Å². The van der Waals surface area contributed by atoms with Crippen LogP contribution in [0.5, 0.6) is 11.5 Å². The average molecular weight is 250 g/mol. The van der Waals surface area contributed by atoms with Gasteiger partial charge in [0.05, 0.1) is 13.2 Å². The van der Waals surface area contributed by atoms with Gasteiger partial charge in [-0.2, -0.15) is 0 Å². The molecule has 0 atom stereocenters. The highest BCUT2D eigenvalue weighted by Crippen LogP contribution is 2.27. The first kappa shape index (κ1) is 14.9. The zero-order chi connectivity index (χ0) is 13.5. The van der Waals surface area contributed by atoms with Crippen molar-refractivity contribution in [2.45, 2.75) is 47.0 Å². The van der Waals surface area contributed by atoms with E-state index in [4.69, 9.17) is 9.47 Å². The maximum atomic E-state index is 5.80. The summed E-state index contributed by atoms with van der Waals surface area (Å²) in [6, 6.07) is 6.22. The standard InChI is InChI=1S/C16H26O2/c1-6-7-17-15-8-14(13(4)5)9-16(10-15)18-11-12(2)3/h8-10,12-13H,6-7,11H2,1-5H3. The van der Waals surface area contributed by atoms with E-state index in [-0.39, 0.29) is 0 Å². The molecule has 0 amide bonds. The van der Waals surface area contributed by atoms with Gasteiger partial charge in [0.1, 0.15) is 11.5 Å². The van der Waals surface area contributed by atoms with E-state index in [1.54, 1.807) is 0 Å². The molecule has 0 aromatic heterocycles. The van der Waals surface area contributed by atoms with Crippen LogP contribution in [0.2, 0.25) is 0 Å². The van der Waals surface area contributed by atoms with Crippen LogP contribution in [0.25, 0.3) is 0 Å². The highest BCUT2D eigenvalue weighted by molar-refractivity contribution is 5.39. The molecule has 1 aromatic carbocycles. The Bertz CT molecular complexity index is 356. The molecule has 0 aliphatic heterocycles. The molecule has 0 saturated carbocycles. The van der Waals surface area contributed by atoms with Crippen molar-refractivity contribution < 1.29 is 9.47 Å². The summed E-state index contributed by atoms with van der Waals surface area (Å²) in [5.74, 6) is 2.85. The van der Waals surface area contributed by atoms with Crippen LogP contribution < -0.4 is 9.47 Å². The fourth-order valence-corrected chi connectivity index (χ4v) is 1.58. The number of hydrogen-bond donors (Lipinski definition) is 0. The Morgan fingerprint density at radius 3 is 2.06 bits per heavy atom. The molecule has 0 fully saturated rings. The van der Waals surface area contributed by atoms with Gasteiger partial charge in [-0.05, 0) is 36.0 Å². The van der Waals surface area contributed by atoms with E-state index in [0.29, 0.717) is 11.8 Å². The van der Waals surface area contributed by atoms with Gasteiger partial charge in [-0.1, -0.05) is 34.6 Å². The average Bonchev–Trinajstić information content (AvgIpc) is 2.33. The summed E-state index contributed by atoms with van der Waals surface area (Å²) in [5, 5.41) is 0. The maximum Gasteiger partial charge on any atom is 0.123 e. The van der Waals surface area contributed by atoms with Crippen LogP contribution in [0.3, 0.4) is 0 Å². The Morgan fingerprint density at radius 1 is 0.944 bits per heavy atom. The second kappa shape index (κ2) is 7.30. The number of ether oxygens (including phenoxy) is 2. The van der Waals surface area contributed by atoms with Gasteiger partial charge < -0.3 is 9.47 Å². The molecule has 0 saturated heterocycles. The first-order valence-corrected chi connectivity index (χ1v) is 6.93. The summed E-state index contributed by atoms with van der Waals surface area (Å²) in [6.07, 6.45) is 1.02. The van der Waals surface area contributed by atoms with Crippen molar-refractivity contribution in [2.24, 2.45) is 5.92 Å². The van der Waals surface area contributed by atoms with Gasteiger partial charge in [0.2, 0.25) is 0 Å². The maximum absolute atomic E-state index is 5.80. The third kappa shape index (κ3) is 4.99. The van der Waals surface area contributed by atoms with E-state index in [1.165, 1.54) is 5.56 Å². The van der Waals surface area contributed by atoms with Gasteiger partial charge in [-0.15, -0.1) is 0 Å². The van der Waals surface area contributed by atoms with Crippen LogP contribution in [0.1, 0.15) is 52.5 Å². The fraction of sp³-hybridized carbons (Fsp3) is 0.625. The lowest BCUT2D eigenvalue weighted by molar-refractivity contribution is 0.266. The predicted molar refractivity (Wildman–Crippen MR) is 76.7 cm³/mol. The van der Waals surface area contributed by atoms with Crippen LogP contribution in [-0.4, -0.2) is 13.2 Å². The molecule has 0 unspecified atom stereocenters. The van der Waals surface area contributed by atoms with Gasteiger partial charge >= 0.3 is 0 Å². The van der Waals surface area contributed by atoms with E-state index < -0.39 is 0 Å². The second-order valence-electron chi connectivity index (χ2n) is 5.45. The van der Waals surface area contributed by atoms with Crippen molar-refractivity contribution in [3.8, 4) is 11.5 Å². The van der Waals surface area contributed by atoms with Gasteiger partial charge in [-0.3, -0.25) is 0 Å². The molecule has 0 N–H and O–H groups in total. The Hall–Kier alpha value is -1.18. The largest absolute Gasteiger partial charge is 0.493 e. The van der Waals surface area contributed by atoms with E-state index in [9.17, 15) is 0 Å². The molecule has 0 aliphatic rings. The fourth-order valence-electron chi connectivity index (χ4n) is 1.58. The molecule has 0 radical (unpaired) electrons. The van der Waals surface area contributed by atoms with Crippen molar-refractivity contribution in [1.29, 1.82) is 0 Å². The minimum atomic E-state index is 0.483. The number of hydrogen-bond acceptors (Lipinski definition) is 2. The molecule has 1 rings (SSSR count). The van der Waals surface area contributed by atoms with Crippen molar-refractivity contribution in [3.05, 3.63) is 23.8 Å². The Kier molecular flexibility index (Phi) is 6.03.